The van der Waals surface area contributed by atoms with Gasteiger partial charge in [-0.3, -0.25) is 0 Å². The van der Waals surface area contributed by atoms with Crippen LogP contribution >= 0.6 is 11.8 Å². The maximum atomic E-state index is 8.54. The summed E-state index contributed by atoms with van der Waals surface area (Å²) in [6.07, 6.45) is 3.01. The topological polar surface area (TPSA) is 104 Å². The van der Waals surface area contributed by atoms with Crippen molar-refractivity contribution in [3.8, 4) is 6.07 Å². The molecule has 0 saturated carbocycles. The highest BCUT2D eigenvalue weighted by molar-refractivity contribution is 7.99. The number of rotatable bonds is 3. The van der Waals surface area contributed by atoms with Crippen molar-refractivity contribution in [2.45, 2.75) is 11.1 Å². The third-order valence-electron chi connectivity index (χ3n) is 1.75. The van der Waals surface area contributed by atoms with Gasteiger partial charge in [0, 0.05) is 5.75 Å². The fourth-order valence-electron chi connectivity index (χ4n) is 1.06. The molecule has 0 fully saturated rings. The highest BCUT2D eigenvalue weighted by Gasteiger charge is 2.08. The second-order valence-electron chi connectivity index (χ2n) is 2.83. The maximum absolute atomic E-state index is 8.54. The normalized spacial score (nSPS) is 12.5. The molecule has 2 rings (SSSR count). The molecule has 0 amide bonds. The van der Waals surface area contributed by atoms with E-state index in [2.05, 4.69) is 19.9 Å². The van der Waals surface area contributed by atoms with E-state index in [0.29, 0.717) is 11.4 Å². The number of hydrogen-bond acceptors (Lipinski definition) is 6. The van der Waals surface area contributed by atoms with E-state index in [1.54, 1.807) is 6.33 Å². The molecule has 0 aliphatic carbocycles. The summed E-state index contributed by atoms with van der Waals surface area (Å²) in [5.41, 5.74) is 6.90. The number of aromatic amines is 1. The summed E-state index contributed by atoms with van der Waals surface area (Å²) in [6, 6.07) is 1.48. The first-order chi connectivity index (χ1) is 7.31. The van der Waals surface area contributed by atoms with Crippen LogP contribution in [0.15, 0.2) is 17.7 Å². The van der Waals surface area contributed by atoms with Crippen LogP contribution in [0.1, 0.15) is 0 Å². The highest BCUT2D eigenvalue weighted by atomic mass is 32.2. The molecule has 0 spiro atoms. The number of imidazole rings is 1. The summed E-state index contributed by atoms with van der Waals surface area (Å²) in [4.78, 5) is 15.0. The lowest BCUT2D eigenvalue weighted by molar-refractivity contribution is 0.950. The van der Waals surface area contributed by atoms with Crippen LogP contribution in [0.25, 0.3) is 11.2 Å². The van der Waals surface area contributed by atoms with Gasteiger partial charge in [-0.1, -0.05) is 0 Å². The zero-order valence-electron chi connectivity index (χ0n) is 7.71. The SMILES string of the molecule is N#CC(N)CSc1ncnc2nc[nH]c12. The number of H-pyrrole nitrogens is 1. The molecule has 1 unspecified atom stereocenters. The number of nitrogens with zero attached hydrogens (tertiary/aromatic N) is 4. The van der Waals surface area contributed by atoms with Crippen molar-refractivity contribution in [3.05, 3.63) is 12.7 Å². The summed E-state index contributed by atoms with van der Waals surface area (Å²) < 4.78 is 0. The van der Waals surface area contributed by atoms with Crippen LogP contribution in [0.2, 0.25) is 0 Å². The minimum absolute atomic E-state index is 0.483. The first-order valence-corrected chi connectivity index (χ1v) is 5.22. The molecule has 76 valence electrons. The van der Waals surface area contributed by atoms with Gasteiger partial charge in [-0.25, -0.2) is 15.0 Å². The molecule has 15 heavy (non-hydrogen) atoms. The molecule has 0 saturated heterocycles. The average Bonchev–Trinajstić information content (AvgIpc) is 2.74. The number of fused-ring (bicyclic) bond motifs is 1. The molecule has 3 N–H and O–H groups in total. The van der Waals surface area contributed by atoms with Gasteiger partial charge in [-0.05, 0) is 0 Å². The monoisotopic (exact) mass is 220 g/mol. The number of thioether (sulfide) groups is 1. The van der Waals surface area contributed by atoms with E-state index in [1.165, 1.54) is 18.1 Å². The molecule has 0 aromatic carbocycles. The Hall–Kier alpha value is -1.65. The Bertz CT molecular complexity index is 501. The fourth-order valence-corrected chi connectivity index (χ4v) is 1.89. The van der Waals surface area contributed by atoms with Gasteiger partial charge in [-0.2, -0.15) is 5.26 Å². The van der Waals surface area contributed by atoms with Crippen LogP contribution in [0.3, 0.4) is 0 Å². The first kappa shape index (κ1) is 9.89. The summed E-state index contributed by atoms with van der Waals surface area (Å²) in [7, 11) is 0. The van der Waals surface area contributed by atoms with Crippen molar-refractivity contribution in [2.24, 2.45) is 5.73 Å². The van der Waals surface area contributed by atoms with E-state index >= 15 is 0 Å². The van der Waals surface area contributed by atoms with Gasteiger partial charge < -0.3 is 10.7 Å². The molecule has 2 aromatic rings. The van der Waals surface area contributed by atoms with Crippen LogP contribution in [0.5, 0.6) is 0 Å². The maximum Gasteiger partial charge on any atom is 0.181 e. The van der Waals surface area contributed by atoms with Crippen molar-refractivity contribution >= 4 is 22.9 Å². The quantitative estimate of drug-likeness (QED) is 0.569. The van der Waals surface area contributed by atoms with Gasteiger partial charge in [-0.15, -0.1) is 11.8 Å². The molecule has 0 aliphatic rings. The minimum atomic E-state index is -0.483. The Morgan fingerprint density at radius 3 is 3.20 bits per heavy atom. The second kappa shape index (κ2) is 4.25. The van der Waals surface area contributed by atoms with E-state index in [4.69, 9.17) is 11.0 Å². The summed E-state index contributed by atoms with van der Waals surface area (Å²) in [5.74, 6) is 0.502. The first-order valence-electron chi connectivity index (χ1n) is 4.23. The van der Waals surface area contributed by atoms with E-state index in [9.17, 15) is 0 Å². The smallest absolute Gasteiger partial charge is 0.181 e. The van der Waals surface area contributed by atoms with Crippen LogP contribution in [-0.4, -0.2) is 31.7 Å². The van der Waals surface area contributed by atoms with Crippen molar-refractivity contribution in [2.75, 3.05) is 5.75 Å². The van der Waals surface area contributed by atoms with Gasteiger partial charge in [0.1, 0.15) is 22.9 Å². The summed E-state index contributed by atoms with van der Waals surface area (Å²) in [5, 5.41) is 9.31. The van der Waals surface area contributed by atoms with Gasteiger partial charge in [0.05, 0.1) is 12.4 Å². The Morgan fingerprint density at radius 2 is 2.40 bits per heavy atom. The Morgan fingerprint density at radius 1 is 1.53 bits per heavy atom. The van der Waals surface area contributed by atoms with Crippen molar-refractivity contribution in [1.29, 1.82) is 5.26 Å². The van der Waals surface area contributed by atoms with Crippen molar-refractivity contribution in [3.63, 3.8) is 0 Å². The second-order valence-corrected chi connectivity index (χ2v) is 3.84. The van der Waals surface area contributed by atoms with Crippen molar-refractivity contribution in [1.82, 2.24) is 19.9 Å². The summed E-state index contributed by atoms with van der Waals surface area (Å²) >= 11 is 1.42. The lowest BCUT2D eigenvalue weighted by Crippen LogP contribution is -2.19. The van der Waals surface area contributed by atoms with E-state index in [1.807, 2.05) is 6.07 Å². The zero-order chi connectivity index (χ0) is 10.7. The van der Waals surface area contributed by atoms with Crippen LogP contribution in [-0.2, 0) is 0 Å². The van der Waals surface area contributed by atoms with Crippen LogP contribution in [0.4, 0.5) is 0 Å². The third-order valence-corrected chi connectivity index (χ3v) is 2.86. The van der Waals surface area contributed by atoms with Crippen LogP contribution < -0.4 is 5.73 Å². The van der Waals surface area contributed by atoms with Gasteiger partial charge in [0.25, 0.3) is 0 Å². The van der Waals surface area contributed by atoms with Crippen molar-refractivity contribution < 1.29 is 0 Å². The predicted octanol–water partition coefficient (Wildman–Crippen LogP) is 0.296. The lowest BCUT2D eigenvalue weighted by atomic mass is 10.4. The molecule has 1 atom stereocenters. The highest BCUT2D eigenvalue weighted by Crippen LogP contribution is 2.21. The number of nitrogens with one attached hydrogen (secondary N) is 1. The van der Waals surface area contributed by atoms with Gasteiger partial charge in [0.2, 0.25) is 0 Å². The number of nitriles is 1. The fraction of sp³-hybridized carbons (Fsp3) is 0.250. The molecule has 7 heteroatoms. The molecule has 2 heterocycles. The lowest BCUT2D eigenvalue weighted by Gasteiger charge is -2.01. The zero-order valence-corrected chi connectivity index (χ0v) is 8.53. The minimum Gasteiger partial charge on any atom is -0.341 e. The van der Waals surface area contributed by atoms with E-state index in [-0.39, 0.29) is 0 Å². The number of aromatic nitrogens is 4. The molecule has 0 radical (unpaired) electrons. The molecule has 2 aromatic heterocycles. The molecular weight excluding hydrogens is 212 g/mol. The Kier molecular flexibility index (Phi) is 2.80. The van der Waals surface area contributed by atoms with E-state index < -0.39 is 6.04 Å². The summed E-state index contributed by atoms with van der Waals surface area (Å²) in [6.45, 7) is 0. The van der Waals surface area contributed by atoms with Gasteiger partial charge >= 0.3 is 0 Å². The third kappa shape index (κ3) is 2.06. The predicted molar refractivity (Wildman–Crippen MR) is 56.0 cm³/mol. The Balaban J connectivity index is 2.21. The molecular formula is C8H8N6S. The van der Waals surface area contributed by atoms with Gasteiger partial charge in [0.15, 0.2) is 5.65 Å². The molecule has 6 nitrogen and oxygen atoms in total. The Labute approximate surface area is 89.9 Å². The molecule has 0 aliphatic heterocycles. The molecule has 0 bridgehead atoms. The number of nitrogens with two attached hydrogens (primary N) is 1. The van der Waals surface area contributed by atoms with Crippen LogP contribution in [0, 0.1) is 11.3 Å². The van der Waals surface area contributed by atoms with E-state index in [0.717, 1.165) is 10.5 Å². The standard InChI is InChI=1S/C8H8N6S/c9-1-5(10)2-15-8-6-7(12-3-11-6)13-4-14-8/h3-5H,2,10H2,(H,11,12,13,14). The number of hydrogen-bond donors (Lipinski definition) is 2. The largest absolute Gasteiger partial charge is 0.341 e. The average molecular weight is 220 g/mol.